The molecule has 2 unspecified atom stereocenters. The molecule has 14 heavy (non-hydrogen) atoms. The second-order valence-corrected chi connectivity index (χ2v) is 3.93. The van der Waals surface area contributed by atoms with Crippen molar-refractivity contribution < 1.29 is 9.53 Å². The van der Waals surface area contributed by atoms with E-state index in [1.54, 1.807) is 7.11 Å². The number of carbonyl (C=O) groups is 1. The molecule has 0 spiro atoms. The van der Waals surface area contributed by atoms with Crippen LogP contribution in [0.5, 0.6) is 0 Å². The summed E-state index contributed by atoms with van der Waals surface area (Å²) in [5.74, 6) is 0.628. The zero-order chi connectivity index (χ0) is 10.6. The summed E-state index contributed by atoms with van der Waals surface area (Å²) in [4.78, 5) is 13.4. The molecule has 0 aliphatic carbocycles. The molecule has 4 heteroatoms. The van der Waals surface area contributed by atoms with Crippen LogP contribution in [0.15, 0.2) is 0 Å². The topological polar surface area (TPSA) is 41.6 Å². The van der Waals surface area contributed by atoms with E-state index in [1.807, 2.05) is 11.9 Å². The van der Waals surface area contributed by atoms with Crippen LogP contribution in [-0.4, -0.2) is 50.7 Å². The first-order valence-electron chi connectivity index (χ1n) is 5.13. The van der Waals surface area contributed by atoms with Crippen LogP contribution < -0.4 is 5.32 Å². The Bertz CT molecular complexity index is 197. The van der Waals surface area contributed by atoms with Gasteiger partial charge >= 0.3 is 0 Å². The van der Waals surface area contributed by atoms with E-state index >= 15 is 0 Å². The first kappa shape index (κ1) is 11.5. The molecule has 0 aromatic carbocycles. The van der Waals surface area contributed by atoms with Gasteiger partial charge in [0.05, 0.1) is 0 Å². The minimum Gasteiger partial charge on any atom is -0.375 e. The van der Waals surface area contributed by atoms with Gasteiger partial charge in [0, 0.05) is 26.2 Å². The van der Waals surface area contributed by atoms with Crippen molar-refractivity contribution in [1.29, 1.82) is 0 Å². The molecule has 0 bridgehead atoms. The Labute approximate surface area is 85.6 Å². The fraction of sp³-hybridized carbons (Fsp3) is 0.900. The van der Waals surface area contributed by atoms with E-state index in [2.05, 4.69) is 12.2 Å². The first-order chi connectivity index (χ1) is 6.69. The van der Waals surface area contributed by atoms with Crippen LogP contribution in [0.4, 0.5) is 0 Å². The van der Waals surface area contributed by atoms with Crippen LogP contribution in [0, 0.1) is 5.92 Å². The summed E-state index contributed by atoms with van der Waals surface area (Å²) >= 11 is 0. The minimum atomic E-state index is 0.105. The number of hydrogen-bond acceptors (Lipinski definition) is 3. The summed E-state index contributed by atoms with van der Waals surface area (Å²) in [6, 6.07) is 0.543. The van der Waals surface area contributed by atoms with Gasteiger partial charge in [-0.15, -0.1) is 0 Å². The second kappa shape index (κ2) is 5.32. The molecule has 1 heterocycles. The molecule has 2 atom stereocenters. The fourth-order valence-corrected chi connectivity index (χ4v) is 2.02. The maximum absolute atomic E-state index is 11.5. The van der Waals surface area contributed by atoms with Gasteiger partial charge in [-0.3, -0.25) is 4.79 Å². The lowest BCUT2D eigenvalue weighted by atomic mass is 9.94. The largest absolute Gasteiger partial charge is 0.375 e. The van der Waals surface area contributed by atoms with Gasteiger partial charge in [-0.1, -0.05) is 6.92 Å². The Morgan fingerprint density at radius 2 is 2.36 bits per heavy atom. The van der Waals surface area contributed by atoms with Crippen LogP contribution in [0.3, 0.4) is 0 Å². The highest BCUT2D eigenvalue weighted by atomic mass is 16.5. The Kier molecular flexibility index (Phi) is 4.35. The smallest absolute Gasteiger partial charge is 0.248 e. The zero-order valence-corrected chi connectivity index (χ0v) is 9.25. The van der Waals surface area contributed by atoms with E-state index in [-0.39, 0.29) is 12.5 Å². The molecule has 1 saturated heterocycles. The van der Waals surface area contributed by atoms with Gasteiger partial charge in [0.1, 0.15) is 6.61 Å². The molecule has 1 N–H and O–H groups in total. The molecule has 1 aliphatic rings. The van der Waals surface area contributed by atoms with Crippen molar-refractivity contribution >= 4 is 5.91 Å². The van der Waals surface area contributed by atoms with Crippen molar-refractivity contribution in [3.8, 4) is 0 Å². The Hall–Kier alpha value is -0.610. The third kappa shape index (κ3) is 2.69. The molecule has 1 rings (SSSR count). The highest BCUT2D eigenvalue weighted by Gasteiger charge is 2.27. The number of rotatable bonds is 3. The average Bonchev–Trinajstić information content (AvgIpc) is 2.18. The van der Waals surface area contributed by atoms with Gasteiger partial charge in [-0.05, 0) is 19.4 Å². The van der Waals surface area contributed by atoms with Gasteiger partial charge in [0.2, 0.25) is 5.91 Å². The normalized spacial score (nSPS) is 27.8. The fourth-order valence-electron chi connectivity index (χ4n) is 2.02. The maximum Gasteiger partial charge on any atom is 0.248 e. The second-order valence-electron chi connectivity index (χ2n) is 3.93. The highest BCUT2D eigenvalue weighted by Crippen LogP contribution is 2.16. The van der Waals surface area contributed by atoms with Crippen LogP contribution in [0.1, 0.15) is 13.3 Å². The number of nitrogens with zero attached hydrogens (tertiary/aromatic N) is 1. The summed E-state index contributed by atoms with van der Waals surface area (Å²) in [7, 11) is 3.54. The van der Waals surface area contributed by atoms with Crippen molar-refractivity contribution in [2.75, 3.05) is 33.9 Å². The van der Waals surface area contributed by atoms with Crippen molar-refractivity contribution in [3.05, 3.63) is 0 Å². The lowest BCUT2D eigenvalue weighted by Crippen LogP contribution is -2.50. The molecule has 1 fully saturated rings. The number of amides is 1. The summed E-state index contributed by atoms with van der Waals surface area (Å²) in [6.07, 6.45) is 1.03. The van der Waals surface area contributed by atoms with Crippen molar-refractivity contribution in [3.63, 3.8) is 0 Å². The van der Waals surface area contributed by atoms with Gasteiger partial charge in [0.25, 0.3) is 0 Å². The Morgan fingerprint density at radius 3 is 2.86 bits per heavy atom. The predicted molar refractivity (Wildman–Crippen MR) is 55.1 cm³/mol. The number of piperidine rings is 1. The highest BCUT2D eigenvalue weighted by molar-refractivity contribution is 5.77. The van der Waals surface area contributed by atoms with Gasteiger partial charge in [-0.2, -0.15) is 0 Å². The van der Waals surface area contributed by atoms with E-state index in [0.29, 0.717) is 12.0 Å². The van der Waals surface area contributed by atoms with E-state index in [4.69, 9.17) is 4.74 Å². The number of carbonyl (C=O) groups excluding carboxylic acids is 1. The maximum atomic E-state index is 11.5. The quantitative estimate of drug-likeness (QED) is 0.702. The number of nitrogens with one attached hydrogen (secondary N) is 1. The van der Waals surface area contributed by atoms with Crippen molar-refractivity contribution in [1.82, 2.24) is 10.2 Å². The molecule has 1 amide bonds. The van der Waals surface area contributed by atoms with Crippen LogP contribution in [0.2, 0.25) is 0 Å². The Morgan fingerprint density at radius 1 is 1.64 bits per heavy atom. The molecule has 4 nitrogen and oxygen atoms in total. The van der Waals surface area contributed by atoms with Gasteiger partial charge in [-0.25, -0.2) is 0 Å². The monoisotopic (exact) mass is 200 g/mol. The van der Waals surface area contributed by atoms with E-state index in [0.717, 1.165) is 19.5 Å². The standard InChI is InChI=1S/C10H20N2O2/c1-8-6-12(10(13)7-14-3)5-4-9(8)11-2/h8-9,11H,4-7H2,1-3H3. The molecule has 0 radical (unpaired) electrons. The summed E-state index contributed by atoms with van der Waals surface area (Å²) in [5.41, 5.74) is 0. The third-order valence-corrected chi connectivity index (χ3v) is 2.90. The van der Waals surface area contributed by atoms with Gasteiger partial charge < -0.3 is 15.0 Å². The van der Waals surface area contributed by atoms with E-state index < -0.39 is 0 Å². The summed E-state index contributed by atoms with van der Waals surface area (Å²) in [5, 5.41) is 3.28. The molecule has 82 valence electrons. The number of methoxy groups -OCH3 is 1. The minimum absolute atomic E-state index is 0.105. The van der Waals surface area contributed by atoms with Crippen LogP contribution in [-0.2, 0) is 9.53 Å². The summed E-state index contributed by atoms with van der Waals surface area (Å²) < 4.78 is 4.84. The number of ether oxygens (including phenoxy) is 1. The lowest BCUT2D eigenvalue weighted by Gasteiger charge is -2.36. The van der Waals surface area contributed by atoms with E-state index in [1.165, 1.54) is 0 Å². The predicted octanol–water partition coefficient (Wildman–Crippen LogP) is 0.0892. The van der Waals surface area contributed by atoms with Crippen LogP contribution in [0.25, 0.3) is 0 Å². The molecule has 0 saturated carbocycles. The summed E-state index contributed by atoms with van der Waals surface area (Å²) in [6.45, 7) is 4.07. The molecule has 0 aromatic heterocycles. The number of likely N-dealkylation sites (tertiary alicyclic amines) is 1. The molecule has 1 aliphatic heterocycles. The molecular weight excluding hydrogens is 180 g/mol. The lowest BCUT2D eigenvalue weighted by molar-refractivity contribution is -0.137. The Balaban J connectivity index is 2.41. The first-order valence-corrected chi connectivity index (χ1v) is 5.13. The van der Waals surface area contributed by atoms with Crippen molar-refractivity contribution in [2.45, 2.75) is 19.4 Å². The zero-order valence-electron chi connectivity index (χ0n) is 9.25. The molecule has 0 aromatic rings. The number of hydrogen-bond donors (Lipinski definition) is 1. The SMILES string of the molecule is CNC1CCN(C(=O)COC)CC1C. The van der Waals surface area contributed by atoms with E-state index in [9.17, 15) is 4.79 Å². The third-order valence-electron chi connectivity index (χ3n) is 2.90. The molecular formula is C10H20N2O2. The average molecular weight is 200 g/mol. The van der Waals surface area contributed by atoms with Crippen molar-refractivity contribution in [2.24, 2.45) is 5.92 Å². The van der Waals surface area contributed by atoms with Gasteiger partial charge in [0.15, 0.2) is 0 Å². The van der Waals surface area contributed by atoms with Crippen LogP contribution >= 0.6 is 0 Å².